The lowest BCUT2D eigenvalue weighted by molar-refractivity contribution is 0.468. The van der Waals surface area contributed by atoms with Crippen molar-refractivity contribution in [2.75, 3.05) is 0 Å². The molecular weight excluding hydrogens is 232 g/mol. The second-order valence-corrected chi connectivity index (χ2v) is 4.63. The van der Waals surface area contributed by atoms with Gasteiger partial charge in [-0.2, -0.15) is 0 Å². The Balaban J connectivity index is 2.02. The van der Waals surface area contributed by atoms with Crippen LogP contribution >= 0.6 is 11.3 Å². The fourth-order valence-corrected chi connectivity index (χ4v) is 2.36. The Bertz CT molecular complexity index is 663. The molecule has 0 bridgehead atoms. The summed E-state index contributed by atoms with van der Waals surface area (Å²) in [5, 5.41) is 2.95. The van der Waals surface area contributed by atoms with Crippen LogP contribution in [0, 0.1) is 6.92 Å². The van der Waals surface area contributed by atoms with Crippen molar-refractivity contribution in [3.05, 3.63) is 47.6 Å². The van der Waals surface area contributed by atoms with Gasteiger partial charge in [-0.1, -0.05) is 12.1 Å². The molecule has 17 heavy (non-hydrogen) atoms. The van der Waals surface area contributed by atoms with Crippen LogP contribution in [0.4, 0.5) is 0 Å². The van der Waals surface area contributed by atoms with Crippen molar-refractivity contribution < 1.29 is 4.74 Å². The summed E-state index contributed by atoms with van der Waals surface area (Å²) in [4.78, 5) is 9.31. The fraction of sp³-hybridized carbons (Fsp3) is 0.0769. The van der Waals surface area contributed by atoms with Crippen molar-refractivity contribution in [3.8, 4) is 11.6 Å². The van der Waals surface area contributed by atoms with Crippen LogP contribution in [0.15, 0.2) is 42.0 Å². The van der Waals surface area contributed by atoms with E-state index in [-0.39, 0.29) is 0 Å². The summed E-state index contributed by atoms with van der Waals surface area (Å²) in [6.45, 7) is 2.03. The van der Waals surface area contributed by atoms with E-state index in [1.54, 1.807) is 11.3 Å². The van der Waals surface area contributed by atoms with Gasteiger partial charge in [-0.15, -0.1) is 11.3 Å². The van der Waals surface area contributed by atoms with E-state index in [4.69, 9.17) is 4.74 Å². The van der Waals surface area contributed by atoms with Crippen LogP contribution in [0.1, 0.15) is 5.56 Å². The van der Waals surface area contributed by atoms with Gasteiger partial charge in [-0.05, 0) is 36.1 Å². The van der Waals surface area contributed by atoms with Crippen molar-refractivity contribution >= 4 is 21.6 Å². The average molecular weight is 242 g/mol. The maximum Gasteiger partial charge on any atom is 0.231 e. The number of hydrogen-bond acceptors (Lipinski definition) is 4. The number of rotatable bonds is 2. The van der Waals surface area contributed by atoms with Gasteiger partial charge in [-0.3, -0.25) is 0 Å². The van der Waals surface area contributed by atoms with Crippen molar-refractivity contribution in [1.82, 2.24) is 9.97 Å². The molecule has 0 spiro atoms. The fourth-order valence-electron chi connectivity index (χ4n) is 1.64. The van der Waals surface area contributed by atoms with Crippen LogP contribution < -0.4 is 4.74 Å². The number of thiophene rings is 1. The quantitative estimate of drug-likeness (QED) is 0.685. The molecule has 0 aliphatic heterocycles. The molecule has 3 rings (SSSR count). The van der Waals surface area contributed by atoms with E-state index >= 15 is 0 Å². The van der Waals surface area contributed by atoms with E-state index < -0.39 is 0 Å². The summed E-state index contributed by atoms with van der Waals surface area (Å²) in [6.07, 6.45) is 1.53. The van der Waals surface area contributed by atoms with Crippen LogP contribution in [-0.4, -0.2) is 9.97 Å². The minimum absolute atomic E-state index is 0.613. The Kier molecular flexibility index (Phi) is 2.49. The van der Waals surface area contributed by atoms with Gasteiger partial charge >= 0.3 is 0 Å². The van der Waals surface area contributed by atoms with Crippen molar-refractivity contribution in [2.45, 2.75) is 6.92 Å². The first-order valence-corrected chi connectivity index (χ1v) is 6.13. The molecule has 84 valence electrons. The number of aromatic nitrogens is 2. The number of hydrogen-bond donors (Lipinski definition) is 0. The van der Waals surface area contributed by atoms with E-state index in [2.05, 4.69) is 9.97 Å². The summed E-state index contributed by atoms with van der Waals surface area (Å²) >= 11 is 1.58. The predicted octanol–water partition coefficient (Wildman–Crippen LogP) is 3.79. The smallest absolute Gasteiger partial charge is 0.231 e. The van der Waals surface area contributed by atoms with E-state index in [1.807, 2.05) is 42.6 Å². The van der Waals surface area contributed by atoms with Crippen LogP contribution in [0.2, 0.25) is 0 Å². The van der Waals surface area contributed by atoms with Gasteiger partial charge in [0.25, 0.3) is 0 Å². The van der Waals surface area contributed by atoms with Gasteiger partial charge in [0.1, 0.15) is 16.9 Å². The van der Waals surface area contributed by atoms with E-state index in [0.29, 0.717) is 5.88 Å². The number of fused-ring (bicyclic) bond motifs is 1. The summed E-state index contributed by atoms with van der Waals surface area (Å²) in [7, 11) is 0. The summed E-state index contributed by atoms with van der Waals surface area (Å²) in [6, 6.07) is 9.89. The van der Waals surface area contributed by atoms with Gasteiger partial charge in [0, 0.05) is 0 Å². The summed E-state index contributed by atoms with van der Waals surface area (Å²) < 4.78 is 5.79. The zero-order chi connectivity index (χ0) is 11.7. The van der Waals surface area contributed by atoms with Crippen molar-refractivity contribution in [3.63, 3.8) is 0 Å². The molecule has 0 atom stereocenters. The highest BCUT2D eigenvalue weighted by Gasteiger charge is 2.06. The molecule has 0 amide bonds. The Morgan fingerprint density at radius 3 is 3.00 bits per heavy atom. The SMILES string of the molecule is Cc1cccc(Oc2ncnc3sccc23)c1. The first-order chi connectivity index (χ1) is 8.33. The lowest BCUT2D eigenvalue weighted by Gasteiger charge is -2.05. The molecule has 3 aromatic rings. The van der Waals surface area contributed by atoms with Gasteiger partial charge in [0.15, 0.2) is 0 Å². The van der Waals surface area contributed by atoms with E-state index in [9.17, 15) is 0 Å². The largest absolute Gasteiger partial charge is 0.438 e. The molecule has 2 aromatic heterocycles. The Hall–Kier alpha value is -1.94. The highest BCUT2D eigenvalue weighted by molar-refractivity contribution is 7.16. The lowest BCUT2D eigenvalue weighted by atomic mass is 10.2. The molecule has 0 aliphatic carbocycles. The van der Waals surface area contributed by atoms with Crippen molar-refractivity contribution in [2.24, 2.45) is 0 Å². The first kappa shape index (κ1) is 10.2. The maximum absolute atomic E-state index is 5.79. The third-order valence-corrected chi connectivity index (χ3v) is 3.25. The molecule has 4 heteroatoms. The third kappa shape index (κ3) is 1.99. The van der Waals surface area contributed by atoms with Crippen LogP contribution in [-0.2, 0) is 0 Å². The number of aryl methyl sites for hydroxylation is 1. The minimum atomic E-state index is 0.613. The lowest BCUT2D eigenvalue weighted by Crippen LogP contribution is -1.89. The van der Waals surface area contributed by atoms with E-state index in [1.165, 1.54) is 6.33 Å². The highest BCUT2D eigenvalue weighted by atomic mass is 32.1. The highest BCUT2D eigenvalue weighted by Crippen LogP contribution is 2.29. The normalized spacial score (nSPS) is 10.6. The molecule has 0 N–H and O–H groups in total. The Morgan fingerprint density at radius 1 is 1.18 bits per heavy atom. The zero-order valence-corrected chi connectivity index (χ0v) is 10.1. The van der Waals surface area contributed by atoms with Crippen LogP contribution in [0.5, 0.6) is 11.6 Å². The zero-order valence-electron chi connectivity index (χ0n) is 9.25. The molecule has 0 saturated heterocycles. The molecular formula is C13H10N2OS. The Morgan fingerprint density at radius 2 is 2.12 bits per heavy atom. The topological polar surface area (TPSA) is 35.0 Å². The van der Waals surface area contributed by atoms with Crippen LogP contribution in [0.25, 0.3) is 10.2 Å². The van der Waals surface area contributed by atoms with Gasteiger partial charge in [-0.25, -0.2) is 9.97 Å². The summed E-state index contributed by atoms with van der Waals surface area (Å²) in [5.74, 6) is 1.41. The number of nitrogens with zero attached hydrogens (tertiary/aromatic N) is 2. The predicted molar refractivity (Wildman–Crippen MR) is 68.7 cm³/mol. The van der Waals surface area contributed by atoms with Crippen LogP contribution in [0.3, 0.4) is 0 Å². The number of benzene rings is 1. The molecule has 0 unspecified atom stereocenters. The molecule has 0 fully saturated rings. The molecule has 1 aromatic carbocycles. The molecule has 3 nitrogen and oxygen atoms in total. The first-order valence-electron chi connectivity index (χ1n) is 5.26. The van der Waals surface area contributed by atoms with E-state index in [0.717, 1.165) is 21.5 Å². The monoisotopic (exact) mass is 242 g/mol. The summed E-state index contributed by atoms with van der Waals surface area (Å²) in [5.41, 5.74) is 1.16. The molecule has 0 aliphatic rings. The maximum atomic E-state index is 5.79. The molecule has 0 saturated carbocycles. The van der Waals surface area contributed by atoms with Gasteiger partial charge < -0.3 is 4.74 Å². The molecule has 0 radical (unpaired) electrons. The van der Waals surface area contributed by atoms with Gasteiger partial charge in [0.05, 0.1) is 5.39 Å². The Labute approximate surface area is 103 Å². The minimum Gasteiger partial charge on any atom is -0.438 e. The second kappa shape index (κ2) is 4.14. The molecule has 2 heterocycles. The average Bonchev–Trinajstić information content (AvgIpc) is 2.78. The van der Waals surface area contributed by atoms with Gasteiger partial charge in [0.2, 0.25) is 5.88 Å². The second-order valence-electron chi connectivity index (χ2n) is 3.74. The number of ether oxygens (including phenoxy) is 1. The standard InChI is InChI=1S/C13H10N2OS/c1-9-3-2-4-10(7-9)16-12-11-5-6-17-13(11)15-8-14-12/h2-8H,1H3. The van der Waals surface area contributed by atoms with Crippen molar-refractivity contribution in [1.29, 1.82) is 0 Å². The third-order valence-electron chi connectivity index (χ3n) is 2.43.